The lowest BCUT2D eigenvalue weighted by molar-refractivity contribution is 0.102. The molecule has 0 aliphatic heterocycles. The predicted molar refractivity (Wildman–Crippen MR) is 92.7 cm³/mol. The largest absolute Gasteiger partial charge is 0.497 e. The van der Waals surface area contributed by atoms with Crippen molar-refractivity contribution in [3.63, 3.8) is 0 Å². The van der Waals surface area contributed by atoms with E-state index in [2.05, 4.69) is 4.98 Å². The van der Waals surface area contributed by atoms with E-state index in [1.54, 1.807) is 44.7 Å². The zero-order valence-electron chi connectivity index (χ0n) is 13.9. The number of Topliss-reactive ketones (excluding diaryl/α,β-unsaturated/α-hetero) is 1. The Morgan fingerprint density at radius 2 is 2.04 bits per heavy atom. The molecule has 0 atom stereocenters. The van der Waals surface area contributed by atoms with Crippen LogP contribution in [0, 0.1) is 0 Å². The van der Waals surface area contributed by atoms with Crippen molar-refractivity contribution < 1.29 is 19.4 Å². The Bertz CT molecular complexity index is 655. The van der Waals surface area contributed by atoms with Crippen molar-refractivity contribution in [2.45, 2.75) is 24.7 Å². The van der Waals surface area contributed by atoms with Crippen LogP contribution in [0.5, 0.6) is 5.75 Å². The summed E-state index contributed by atoms with van der Waals surface area (Å²) in [5.74, 6) is 1.04. The number of ketones is 1. The highest BCUT2D eigenvalue weighted by Gasteiger charge is 2.13. The van der Waals surface area contributed by atoms with E-state index in [0.717, 1.165) is 23.0 Å². The van der Waals surface area contributed by atoms with Gasteiger partial charge in [0.25, 0.3) is 0 Å². The third kappa shape index (κ3) is 4.83. The summed E-state index contributed by atoms with van der Waals surface area (Å²) in [6, 6.07) is 7.05. The summed E-state index contributed by atoms with van der Waals surface area (Å²) < 4.78 is 12.1. The lowest BCUT2D eigenvalue weighted by Crippen LogP contribution is -2.09. The fourth-order valence-electron chi connectivity index (χ4n) is 2.23. The van der Waals surface area contributed by atoms with Crippen LogP contribution in [0.25, 0.3) is 0 Å². The van der Waals surface area contributed by atoms with Crippen LogP contribution in [0.1, 0.15) is 22.5 Å². The minimum atomic E-state index is -0.0764. The minimum absolute atomic E-state index is 0.0274. The molecular weight excluding hydrogens is 328 g/mol. The van der Waals surface area contributed by atoms with E-state index in [0.29, 0.717) is 24.5 Å². The Morgan fingerprint density at radius 1 is 1.29 bits per heavy atom. The number of methoxy groups -OCH3 is 2. The number of aliphatic hydroxyl groups excluding tert-OH is 1. The van der Waals surface area contributed by atoms with Gasteiger partial charge >= 0.3 is 0 Å². The van der Waals surface area contributed by atoms with Gasteiger partial charge in [0, 0.05) is 25.8 Å². The zero-order valence-corrected chi connectivity index (χ0v) is 14.7. The normalized spacial score (nSPS) is 10.8. The number of benzene rings is 1. The highest BCUT2D eigenvalue weighted by atomic mass is 32.2. The van der Waals surface area contributed by atoms with Crippen molar-refractivity contribution in [1.29, 1.82) is 0 Å². The maximum Gasteiger partial charge on any atom is 0.173 e. The van der Waals surface area contributed by atoms with Crippen molar-refractivity contribution in [3.05, 3.63) is 41.7 Å². The molecule has 0 saturated carbocycles. The van der Waals surface area contributed by atoms with Gasteiger partial charge in [0.1, 0.15) is 5.75 Å². The number of thioether (sulfide) groups is 1. The van der Waals surface area contributed by atoms with Gasteiger partial charge in [-0.3, -0.25) is 4.79 Å². The van der Waals surface area contributed by atoms with E-state index in [1.165, 1.54) is 11.8 Å². The number of ether oxygens (including phenoxy) is 2. The minimum Gasteiger partial charge on any atom is -0.497 e. The first kappa shape index (κ1) is 18.5. The fraction of sp³-hybridized carbons (Fsp3) is 0.412. The second-order valence-electron chi connectivity index (χ2n) is 5.13. The summed E-state index contributed by atoms with van der Waals surface area (Å²) in [5.41, 5.74) is 1.38. The van der Waals surface area contributed by atoms with E-state index >= 15 is 0 Å². The van der Waals surface area contributed by atoms with Crippen LogP contribution in [-0.4, -0.2) is 47.0 Å². The summed E-state index contributed by atoms with van der Waals surface area (Å²) in [7, 11) is 3.25. The number of hydrogen-bond donors (Lipinski definition) is 1. The van der Waals surface area contributed by atoms with Crippen LogP contribution in [0.4, 0.5) is 0 Å². The number of aromatic nitrogens is 2. The molecule has 0 bridgehead atoms. The monoisotopic (exact) mass is 350 g/mol. The lowest BCUT2D eigenvalue weighted by Gasteiger charge is -2.10. The number of rotatable bonds is 10. The number of nitrogens with zero attached hydrogens (tertiary/aromatic N) is 2. The highest BCUT2D eigenvalue weighted by Crippen LogP contribution is 2.21. The molecule has 0 spiro atoms. The van der Waals surface area contributed by atoms with Crippen molar-refractivity contribution in [1.82, 2.24) is 9.55 Å². The van der Waals surface area contributed by atoms with Crippen LogP contribution < -0.4 is 4.74 Å². The Morgan fingerprint density at radius 3 is 2.67 bits per heavy atom. The van der Waals surface area contributed by atoms with Crippen molar-refractivity contribution in [3.8, 4) is 5.75 Å². The molecule has 0 unspecified atom stereocenters. The average molecular weight is 350 g/mol. The second-order valence-corrected chi connectivity index (χ2v) is 6.07. The number of carbonyl (C=O) groups excluding carboxylic acids is 1. The molecule has 7 heteroatoms. The first-order valence-corrected chi connectivity index (χ1v) is 8.62. The van der Waals surface area contributed by atoms with Gasteiger partial charge in [-0.2, -0.15) is 0 Å². The van der Waals surface area contributed by atoms with Crippen molar-refractivity contribution in [2.75, 3.05) is 26.6 Å². The van der Waals surface area contributed by atoms with E-state index in [9.17, 15) is 9.90 Å². The van der Waals surface area contributed by atoms with Crippen LogP contribution in [-0.2, 0) is 17.9 Å². The standard InChI is InChI=1S/C17H22N2O4S/c1-22-9-3-8-19-14(11-20)10-18-17(19)24-12-16(21)13-4-6-15(23-2)7-5-13/h4-7,10,20H,3,8-9,11-12H2,1-2H3. The van der Waals surface area contributed by atoms with Gasteiger partial charge in [-0.15, -0.1) is 0 Å². The highest BCUT2D eigenvalue weighted by molar-refractivity contribution is 7.99. The molecular formula is C17H22N2O4S. The van der Waals surface area contributed by atoms with E-state index < -0.39 is 0 Å². The molecule has 0 aliphatic carbocycles. The SMILES string of the molecule is COCCCn1c(CO)cnc1SCC(=O)c1ccc(OC)cc1. The van der Waals surface area contributed by atoms with Gasteiger partial charge in [-0.1, -0.05) is 11.8 Å². The molecule has 6 nitrogen and oxygen atoms in total. The summed E-state index contributed by atoms with van der Waals surface area (Å²) in [6.07, 6.45) is 2.47. The molecule has 130 valence electrons. The molecule has 1 aromatic heterocycles. The van der Waals surface area contributed by atoms with Crippen LogP contribution in [0.15, 0.2) is 35.6 Å². The molecule has 0 radical (unpaired) electrons. The van der Waals surface area contributed by atoms with E-state index in [4.69, 9.17) is 9.47 Å². The van der Waals surface area contributed by atoms with Gasteiger partial charge < -0.3 is 19.1 Å². The van der Waals surface area contributed by atoms with E-state index in [-0.39, 0.29) is 12.4 Å². The van der Waals surface area contributed by atoms with Crippen LogP contribution in [0.3, 0.4) is 0 Å². The van der Waals surface area contributed by atoms with Gasteiger partial charge in [-0.05, 0) is 30.7 Å². The fourth-order valence-corrected chi connectivity index (χ4v) is 3.15. The molecule has 2 rings (SSSR count). The van der Waals surface area contributed by atoms with Gasteiger partial charge in [-0.25, -0.2) is 4.98 Å². The maximum atomic E-state index is 12.3. The maximum absolute atomic E-state index is 12.3. The quantitative estimate of drug-likeness (QED) is 0.403. The lowest BCUT2D eigenvalue weighted by atomic mass is 10.1. The third-order valence-electron chi connectivity index (χ3n) is 3.54. The molecule has 0 fully saturated rings. The Hall–Kier alpha value is -1.83. The van der Waals surface area contributed by atoms with Gasteiger partial charge in [0.15, 0.2) is 10.9 Å². The second kappa shape index (κ2) is 9.46. The molecule has 0 saturated heterocycles. The Balaban J connectivity index is 1.99. The third-order valence-corrected chi connectivity index (χ3v) is 4.53. The Kier molecular flexibility index (Phi) is 7.30. The number of imidazole rings is 1. The molecule has 1 heterocycles. The summed E-state index contributed by atoms with van der Waals surface area (Å²) in [5, 5.41) is 10.1. The van der Waals surface area contributed by atoms with Crippen LogP contribution in [0.2, 0.25) is 0 Å². The molecule has 1 aromatic carbocycles. The molecule has 2 aromatic rings. The number of hydrogen-bond acceptors (Lipinski definition) is 6. The summed E-state index contributed by atoms with van der Waals surface area (Å²) in [6.45, 7) is 1.26. The first-order chi connectivity index (χ1) is 11.7. The number of aliphatic hydroxyl groups is 1. The molecule has 24 heavy (non-hydrogen) atoms. The predicted octanol–water partition coefficient (Wildman–Crippen LogP) is 2.40. The van der Waals surface area contributed by atoms with Crippen LogP contribution >= 0.6 is 11.8 Å². The van der Waals surface area contributed by atoms with E-state index in [1.807, 2.05) is 4.57 Å². The first-order valence-electron chi connectivity index (χ1n) is 7.63. The molecule has 0 aliphatic rings. The van der Waals surface area contributed by atoms with Crippen molar-refractivity contribution in [2.24, 2.45) is 0 Å². The number of carbonyl (C=O) groups is 1. The summed E-state index contributed by atoms with van der Waals surface area (Å²) >= 11 is 1.37. The average Bonchev–Trinajstić information content (AvgIpc) is 3.02. The van der Waals surface area contributed by atoms with Crippen molar-refractivity contribution >= 4 is 17.5 Å². The molecule has 0 amide bonds. The Labute approximate surface area is 145 Å². The zero-order chi connectivity index (χ0) is 17.4. The van der Waals surface area contributed by atoms with Gasteiger partial charge in [0.05, 0.1) is 31.4 Å². The molecule has 1 N–H and O–H groups in total. The summed E-state index contributed by atoms with van der Waals surface area (Å²) in [4.78, 5) is 16.6. The smallest absolute Gasteiger partial charge is 0.173 e. The topological polar surface area (TPSA) is 73.6 Å². The van der Waals surface area contributed by atoms with Gasteiger partial charge in [0.2, 0.25) is 0 Å².